The number of nitrogens with one attached hydrogen (secondary N) is 2. The standard InChI is InChI=1S/C25H20ClFN4O2S/c26-21-14-19(27)8-11-22(21)30-23(32)16-34-25-28-12-13-31(25)20-9-6-18(7-10-20)24(33)29-15-17-4-2-1-3-5-17/h1-14H,15-16H2,(H,29,33)(H,30,32). The van der Waals surface area contributed by atoms with E-state index in [1.807, 2.05) is 47.0 Å². The molecule has 0 aliphatic carbocycles. The van der Waals surface area contributed by atoms with Gasteiger partial charge in [-0.1, -0.05) is 53.7 Å². The average molecular weight is 495 g/mol. The van der Waals surface area contributed by atoms with Gasteiger partial charge in [-0.3, -0.25) is 14.2 Å². The van der Waals surface area contributed by atoms with Crippen molar-refractivity contribution in [2.75, 3.05) is 11.1 Å². The van der Waals surface area contributed by atoms with Gasteiger partial charge in [0.15, 0.2) is 5.16 Å². The van der Waals surface area contributed by atoms with E-state index in [9.17, 15) is 14.0 Å². The molecule has 172 valence electrons. The molecule has 0 saturated heterocycles. The number of hydrogen-bond donors (Lipinski definition) is 2. The molecule has 9 heteroatoms. The number of benzene rings is 3. The fourth-order valence-electron chi connectivity index (χ4n) is 3.15. The summed E-state index contributed by atoms with van der Waals surface area (Å²) in [6.07, 6.45) is 3.42. The number of carbonyl (C=O) groups excluding carboxylic acids is 2. The van der Waals surface area contributed by atoms with Crippen molar-refractivity contribution < 1.29 is 14.0 Å². The van der Waals surface area contributed by atoms with Crippen molar-refractivity contribution in [2.24, 2.45) is 0 Å². The smallest absolute Gasteiger partial charge is 0.251 e. The molecule has 0 radical (unpaired) electrons. The van der Waals surface area contributed by atoms with Crippen LogP contribution in [0.3, 0.4) is 0 Å². The molecule has 0 aliphatic rings. The van der Waals surface area contributed by atoms with E-state index in [2.05, 4.69) is 15.6 Å². The van der Waals surface area contributed by atoms with Gasteiger partial charge in [0, 0.05) is 30.2 Å². The van der Waals surface area contributed by atoms with E-state index in [1.165, 1.54) is 23.9 Å². The second-order valence-corrected chi connectivity index (χ2v) is 8.61. The van der Waals surface area contributed by atoms with Gasteiger partial charge >= 0.3 is 0 Å². The Bertz CT molecular complexity index is 1300. The molecular formula is C25H20ClFN4O2S. The molecule has 0 spiro atoms. The van der Waals surface area contributed by atoms with Crippen LogP contribution < -0.4 is 10.6 Å². The summed E-state index contributed by atoms with van der Waals surface area (Å²) in [6, 6.07) is 20.6. The molecule has 4 rings (SSSR count). The Balaban J connectivity index is 1.35. The lowest BCUT2D eigenvalue weighted by atomic mass is 10.1. The second kappa shape index (κ2) is 11.0. The summed E-state index contributed by atoms with van der Waals surface area (Å²) in [5.41, 5.74) is 2.72. The van der Waals surface area contributed by atoms with E-state index in [0.29, 0.717) is 23.0 Å². The van der Waals surface area contributed by atoms with Gasteiger partial charge < -0.3 is 10.6 Å². The highest BCUT2D eigenvalue weighted by atomic mass is 35.5. The number of nitrogens with zero attached hydrogens (tertiary/aromatic N) is 2. The third-order valence-corrected chi connectivity index (χ3v) is 6.13. The summed E-state index contributed by atoms with van der Waals surface area (Å²) in [7, 11) is 0. The Morgan fingerprint density at radius 1 is 1.03 bits per heavy atom. The van der Waals surface area contributed by atoms with Crippen LogP contribution in [0, 0.1) is 5.82 Å². The zero-order chi connectivity index (χ0) is 23.9. The molecule has 0 aliphatic heterocycles. The molecule has 2 N–H and O–H groups in total. The number of carbonyl (C=O) groups is 2. The molecular weight excluding hydrogens is 475 g/mol. The third kappa shape index (κ3) is 6.03. The van der Waals surface area contributed by atoms with Gasteiger partial charge in [-0.2, -0.15) is 0 Å². The molecule has 0 atom stereocenters. The molecule has 4 aromatic rings. The van der Waals surface area contributed by atoms with E-state index in [1.54, 1.807) is 24.5 Å². The van der Waals surface area contributed by atoms with Crippen LogP contribution >= 0.6 is 23.4 Å². The zero-order valence-electron chi connectivity index (χ0n) is 17.9. The average Bonchev–Trinajstić information content (AvgIpc) is 3.32. The van der Waals surface area contributed by atoms with Crippen molar-refractivity contribution in [1.29, 1.82) is 0 Å². The van der Waals surface area contributed by atoms with E-state index in [0.717, 1.165) is 17.3 Å². The van der Waals surface area contributed by atoms with Gasteiger partial charge in [0.1, 0.15) is 5.82 Å². The van der Waals surface area contributed by atoms with Gasteiger partial charge in [-0.15, -0.1) is 0 Å². The minimum atomic E-state index is -0.473. The number of imidazole rings is 1. The van der Waals surface area contributed by atoms with Crippen LogP contribution in [-0.2, 0) is 11.3 Å². The molecule has 34 heavy (non-hydrogen) atoms. The highest BCUT2D eigenvalue weighted by Crippen LogP contribution is 2.24. The number of thioether (sulfide) groups is 1. The third-order valence-electron chi connectivity index (χ3n) is 4.85. The topological polar surface area (TPSA) is 76.0 Å². The molecule has 2 amide bonds. The Morgan fingerprint density at radius 3 is 2.53 bits per heavy atom. The normalized spacial score (nSPS) is 10.6. The Labute approximate surface area is 205 Å². The first-order valence-corrected chi connectivity index (χ1v) is 11.7. The predicted molar refractivity (Wildman–Crippen MR) is 132 cm³/mol. The van der Waals surface area contributed by atoms with E-state index >= 15 is 0 Å². The van der Waals surface area contributed by atoms with Crippen LogP contribution in [0.25, 0.3) is 5.69 Å². The van der Waals surface area contributed by atoms with Crippen LogP contribution in [0.2, 0.25) is 5.02 Å². The zero-order valence-corrected chi connectivity index (χ0v) is 19.4. The molecule has 0 fully saturated rings. The van der Waals surface area contributed by atoms with Crippen molar-refractivity contribution in [1.82, 2.24) is 14.9 Å². The molecule has 6 nitrogen and oxygen atoms in total. The summed E-state index contributed by atoms with van der Waals surface area (Å²) in [6.45, 7) is 0.453. The highest BCUT2D eigenvalue weighted by molar-refractivity contribution is 7.99. The van der Waals surface area contributed by atoms with Crippen LogP contribution in [0.15, 0.2) is 90.3 Å². The van der Waals surface area contributed by atoms with Gasteiger partial charge in [-0.05, 0) is 48.0 Å². The SMILES string of the molecule is O=C(CSc1nccn1-c1ccc(C(=O)NCc2ccccc2)cc1)Nc1ccc(F)cc1Cl. The second-order valence-electron chi connectivity index (χ2n) is 7.26. The van der Waals surface area contributed by atoms with Crippen LogP contribution in [0.1, 0.15) is 15.9 Å². The Morgan fingerprint density at radius 2 is 1.79 bits per heavy atom. The molecule has 0 saturated carbocycles. The molecule has 0 unspecified atom stereocenters. The minimum Gasteiger partial charge on any atom is -0.348 e. The summed E-state index contributed by atoms with van der Waals surface area (Å²) < 4.78 is 15.0. The van der Waals surface area contributed by atoms with Gasteiger partial charge in [-0.25, -0.2) is 9.37 Å². The highest BCUT2D eigenvalue weighted by Gasteiger charge is 2.12. The fourth-order valence-corrected chi connectivity index (χ4v) is 4.14. The first-order valence-electron chi connectivity index (χ1n) is 10.3. The van der Waals surface area contributed by atoms with Crippen molar-refractivity contribution in [3.05, 3.63) is 107 Å². The minimum absolute atomic E-state index is 0.0880. The largest absolute Gasteiger partial charge is 0.348 e. The van der Waals surface area contributed by atoms with Crippen molar-refractivity contribution in [2.45, 2.75) is 11.7 Å². The Kier molecular flexibility index (Phi) is 7.61. The lowest BCUT2D eigenvalue weighted by molar-refractivity contribution is -0.113. The maximum Gasteiger partial charge on any atom is 0.251 e. The van der Waals surface area contributed by atoms with E-state index in [-0.39, 0.29) is 22.6 Å². The summed E-state index contributed by atoms with van der Waals surface area (Å²) >= 11 is 7.20. The number of halogens is 2. The van der Waals surface area contributed by atoms with Crippen LogP contribution in [0.4, 0.5) is 10.1 Å². The van der Waals surface area contributed by atoms with E-state index < -0.39 is 5.82 Å². The number of anilines is 1. The molecule has 0 bridgehead atoms. The summed E-state index contributed by atoms with van der Waals surface area (Å²) in [4.78, 5) is 29.1. The van der Waals surface area contributed by atoms with Crippen molar-refractivity contribution >= 4 is 40.9 Å². The number of amides is 2. The van der Waals surface area contributed by atoms with Gasteiger partial charge in [0.25, 0.3) is 5.91 Å². The maximum absolute atomic E-state index is 13.2. The Hall–Kier alpha value is -3.62. The van der Waals surface area contributed by atoms with Crippen molar-refractivity contribution in [3.63, 3.8) is 0 Å². The monoisotopic (exact) mass is 494 g/mol. The number of rotatable bonds is 8. The first kappa shape index (κ1) is 23.5. The fraction of sp³-hybridized carbons (Fsp3) is 0.0800. The maximum atomic E-state index is 13.2. The lowest BCUT2D eigenvalue weighted by Gasteiger charge is -2.10. The molecule has 1 aromatic heterocycles. The van der Waals surface area contributed by atoms with Crippen LogP contribution in [0.5, 0.6) is 0 Å². The number of aromatic nitrogens is 2. The van der Waals surface area contributed by atoms with Crippen molar-refractivity contribution in [3.8, 4) is 5.69 Å². The first-order chi connectivity index (χ1) is 16.5. The van der Waals surface area contributed by atoms with Gasteiger partial charge in [0.2, 0.25) is 5.91 Å². The summed E-state index contributed by atoms with van der Waals surface area (Å²) in [5.74, 6) is -0.839. The number of hydrogen-bond acceptors (Lipinski definition) is 4. The van der Waals surface area contributed by atoms with Crippen LogP contribution in [-0.4, -0.2) is 27.1 Å². The summed E-state index contributed by atoms with van der Waals surface area (Å²) in [5, 5.41) is 6.31. The van der Waals surface area contributed by atoms with Gasteiger partial charge in [0.05, 0.1) is 16.5 Å². The predicted octanol–water partition coefficient (Wildman–Crippen LogP) is 5.33. The molecule has 1 heterocycles. The molecule has 3 aromatic carbocycles. The quantitative estimate of drug-likeness (QED) is 0.325. The lowest BCUT2D eigenvalue weighted by Crippen LogP contribution is -2.22. The van der Waals surface area contributed by atoms with E-state index in [4.69, 9.17) is 11.6 Å².